The van der Waals surface area contributed by atoms with Crippen LogP contribution in [0, 0.1) is 6.92 Å². The van der Waals surface area contributed by atoms with Crippen molar-refractivity contribution >= 4 is 11.6 Å². The first-order valence-electron chi connectivity index (χ1n) is 8.02. The maximum atomic E-state index is 5.91. The number of nitrogens with one attached hydrogen (secondary N) is 1. The van der Waals surface area contributed by atoms with Crippen LogP contribution in [0.5, 0.6) is 0 Å². The Morgan fingerprint density at radius 1 is 1.33 bits per heavy atom. The fraction of sp³-hybridized carbons (Fsp3) is 0.353. The zero-order chi connectivity index (χ0) is 16.5. The van der Waals surface area contributed by atoms with Gasteiger partial charge >= 0.3 is 0 Å². The van der Waals surface area contributed by atoms with E-state index in [-0.39, 0.29) is 0 Å². The predicted molar refractivity (Wildman–Crippen MR) is 90.7 cm³/mol. The Morgan fingerprint density at radius 2 is 2.17 bits per heavy atom. The monoisotopic (exact) mass is 343 g/mol. The highest BCUT2D eigenvalue weighted by Gasteiger charge is 2.20. The van der Waals surface area contributed by atoms with Crippen LogP contribution in [0.25, 0.3) is 11.3 Å². The molecule has 3 heterocycles. The van der Waals surface area contributed by atoms with E-state index < -0.39 is 0 Å². The molecule has 24 heavy (non-hydrogen) atoms. The number of fused-ring (bicyclic) bond motifs is 1. The van der Waals surface area contributed by atoms with Crippen molar-refractivity contribution in [2.75, 3.05) is 0 Å². The molecule has 4 rings (SSSR count). The standard InChI is InChI=1S/C17H18ClN5O/c1-11-20-17-7-6-14(10-23(17)21-11)19-9-15-8-16(22-24-15)12-2-4-13(18)5-3-12/h2-5,8,14,19H,6-7,9-10H2,1H3/t14-/m0/s1. The maximum Gasteiger partial charge on any atom is 0.151 e. The van der Waals surface area contributed by atoms with Gasteiger partial charge in [-0.05, 0) is 25.5 Å². The van der Waals surface area contributed by atoms with E-state index in [0.29, 0.717) is 17.6 Å². The molecular weight excluding hydrogens is 326 g/mol. The SMILES string of the molecule is Cc1nc2n(n1)C[C@@H](NCc1cc(-c3ccc(Cl)cc3)no1)CC2. The van der Waals surface area contributed by atoms with Crippen molar-refractivity contribution in [3.63, 3.8) is 0 Å². The molecule has 1 N–H and O–H groups in total. The molecule has 0 amide bonds. The summed E-state index contributed by atoms with van der Waals surface area (Å²) in [6.45, 7) is 3.42. The van der Waals surface area contributed by atoms with Gasteiger partial charge in [-0.2, -0.15) is 5.10 Å². The van der Waals surface area contributed by atoms with E-state index in [0.717, 1.165) is 48.1 Å². The molecule has 0 spiro atoms. The number of hydrogen-bond acceptors (Lipinski definition) is 5. The van der Waals surface area contributed by atoms with Crippen LogP contribution in [-0.2, 0) is 19.5 Å². The van der Waals surface area contributed by atoms with Crippen LogP contribution in [0.3, 0.4) is 0 Å². The Bertz CT molecular complexity index is 839. The lowest BCUT2D eigenvalue weighted by Crippen LogP contribution is -2.37. The normalized spacial score (nSPS) is 17.0. The molecule has 0 unspecified atom stereocenters. The fourth-order valence-corrected chi connectivity index (χ4v) is 3.12. The van der Waals surface area contributed by atoms with E-state index in [1.54, 1.807) is 0 Å². The van der Waals surface area contributed by atoms with Crippen LogP contribution < -0.4 is 5.32 Å². The second kappa shape index (κ2) is 6.37. The number of rotatable bonds is 4. The first-order chi connectivity index (χ1) is 11.7. The number of aromatic nitrogens is 4. The van der Waals surface area contributed by atoms with Gasteiger partial charge < -0.3 is 9.84 Å². The van der Waals surface area contributed by atoms with Crippen molar-refractivity contribution in [3.05, 3.63) is 52.8 Å². The zero-order valence-corrected chi connectivity index (χ0v) is 14.1. The quantitative estimate of drug-likeness (QED) is 0.788. The van der Waals surface area contributed by atoms with Crippen molar-refractivity contribution < 1.29 is 4.52 Å². The van der Waals surface area contributed by atoms with Crippen molar-refractivity contribution in [1.82, 2.24) is 25.2 Å². The summed E-state index contributed by atoms with van der Waals surface area (Å²) in [4.78, 5) is 4.43. The molecule has 124 valence electrons. The van der Waals surface area contributed by atoms with E-state index in [9.17, 15) is 0 Å². The number of halogens is 1. The number of nitrogens with zero attached hydrogens (tertiary/aromatic N) is 4. The van der Waals surface area contributed by atoms with Gasteiger partial charge in [-0.3, -0.25) is 0 Å². The second-order valence-electron chi connectivity index (χ2n) is 6.06. The van der Waals surface area contributed by atoms with Crippen LogP contribution in [0.1, 0.15) is 23.8 Å². The molecule has 0 saturated heterocycles. The van der Waals surface area contributed by atoms with Gasteiger partial charge in [0, 0.05) is 29.1 Å². The second-order valence-corrected chi connectivity index (χ2v) is 6.50. The number of aryl methyl sites for hydroxylation is 2. The molecule has 1 aliphatic rings. The smallest absolute Gasteiger partial charge is 0.151 e. The largest absolute Gasteiger partial charge is 0.359 e. The van der Waals surface area contributed by atoms with E-state index in [2.05, 4.69) is 20.6 Å². The molecule has 3 aromatic rings. The van der Waals surface area contributed by atoms with Gasteiger partial charge in [0.25, 0.3) is 0 Å². The summed E-state index contributed by atoms with van der Waals surface area (Å²) in [5, 5.41) is 12.8. The predicted octanol–water partition coefficient (Wildman–Crippen LogP) is 3.00. The fourth-order valence-electron chi connectivity index (χ4n) is 3.00. The van der Waals surface area contributed by atoms with Gasteiger partial charge in [-0.25, -0.2) is 9.67 Å². The van der Waals surface area contributed by atoms with Gasteiger partial charge in [0.1, 0.15) is 17.3 Å². The molecule has 6 nitrogen and oxygen atoms in total. The Labute approximate surface area is 144 Å². The third-order valence-electron chi connectivity index (χ3n) is 4.23. The van der Waals surface area contributed by atoms with E-state index >= 15 is 0 Å². The highest BCUT2D eigenvalue weighted by molar-refractivity contribution is 6.30. The Kier molecular flexibility index (Phi) is 4.08. The molecular formula is C17H18ClN5O. The molecule has 1 aliphatic heterocycles. The Hall–Kier alpha value is -2.18. The van der Waals surface area contributed by atoms with Crippen LogP contribution in [0.4, 0.5) is 0 Å². The minimum absolute atomic E-state index is 0.364. The minimum Gasteiger partial charge on any atom is -0.359 e. The first-order valence-corrected chi connectivity index (χ1v) is 8.40. The maximum absolute atomic E-state index is 5.91. The van der Waals surface area contributed by atoms with E-state index in [1.807, 2.05) is 41.9 Å². The molecule has 0 fully saturated rings. The third-order valence-corrected chi connectivity index (χ3v) is 4.48. The van der Waals surface area contributed by atoms with Gasteiger partial charge in [-0.1, -0.05) is 28.9 Å². The molecule has 2 aromatic heterocycles. The lowest BCUT2D eigenvalue weighted by atomic mass is 10.1. The summed E-state index contributed by atoms with van der Waals surface area (Å²) in [5.74, 6) is 2.74. The van der Waals surface area contributed by atoms with Gasteiger partial charge in [-0.15, -0.1) is 0 Å². The number of hydrogen-bond donors (Lipinski definition) is 1. The summed E-state index contributed by atoms with van der Waals surface area (Å²) in [6, 6.07) is 9.90. The molecule has 1 atom stereocenters. The molecule has 7 heteroatoms. The van der Waals surface area contributed by atoms with Crippen molar-refractivity contribution in [3.8, 4) is 11.3 Å². The average Bonchev–Trinajstić information content (AvgIpc) is 3.18. The summed E-state index contributed by atoms with van der Waals surface area (Å²) in [7, 11) is 0. The molecule has 0 saturated carbocycles. The van der Waals surface area contributed by atoms with Gasteiger partial charge in [0.2, 0.25) is 0 Å². The third kappa shape index (κ3) is 3.20. The van der Waals surface area contributed by atoms with Crippen molar-refractivity contribution in [2.45, 2.75) is 38.9 Å². The van der Waals surface area contributed by atoms with E-state index in [4.69, 9.17) is 16.1 Å². The molecule has 0 aliphatic carbocycles. The van der Waals surface area contributed by atoms with E-state index in [1.165, 1.54) is 0 Å². The molecule has 1 aromatic carbocycles. The molecule has 0 radical (unpaired) electrons. The summed E-state index contributed by atoms with van der Waals surface area (Å²) in [5.41, 5.74) is 1.82. The Balaban J connectivity index is 1.38. The van der Waals surface area contributed by atoms with Crippen LogP contribution >= 0.6 is 11.6 Å². The van der Waals surface area contributed by atoms with Crippen LogP contribution in [0.2, 0.25) is 5.02 Å². The number of benzene rings is 1. The van der Waals surface area contributed by atoms with Crippen molar-refractivity contribution in [1.29, 1.82) is 0 Å². The zero-order valence-electron chi connectivity index (χ0n) is 13.4. The molecule has 0 bridgehead atoms. The van der Waals surface area contributed by atoms with Crippen LogP contribution in [-0.4, -0.2) is 26.0 Å². The lowest BCUT2D eigenvalue weighted by molar-refractivity contribution is 0.325. The summed E-state index contributed by atoms with van der Waals surface area (Å²) < 4.78 is 7.43. The summed E-state index contributed by atoms with van der Waals surface area (Å²) >= 11 is 5.91. The minimum atomic E-state index is 0.364. The highest BCUT2D eigenvalue weighted by atomic mass is 35.5. The van der Waals surface area contributed by atoms with Gasteiger partial charge in [0.15, 0.2) is 5.76 Å². The lowest BCUT2D eigenvalue weighted by Gasteiger charge is -2.23. The first kappa shape index (κ1) is 15.4. The van der Waals surface area contributed by atoms with Crippen molar-refractivity contribution in [2.24, 2.45) is 0 Å². The summed E-state index contributed by atoms with van der Waals surface area (Å²) in [6.07, 6.45) is 2.00. The van der Waals surface area contributed by atoms with Gasteiger partial charge in [0.05, 0.1) is 13.1 Å². The Morgan fingerprint density at radius 3 is 3.00 bits per heavy atom. The average molecular weight is 344 g/mol. The van der Waals surface area contributed by atoms with Crippen LogP contribution in [0.15, 0.2) is 34.9 Å². The topological polar surface area (TPSA) is 68.8 Å². The highest BCUT2D eigenvalue weighted by Crippen LogP contribution is 2.21.